The van der Waals surface area contributed by atoms with E-state index in [0.29, 0.717) is 12.5 Å². The van der Waals surface area contributed by atoms with Crippen molar-refractivity contribution in [1.82, 2.24) is 5.32 Å². The van der Waals surface area contributed by atoms with Crippen LogP contribution >= 0.6 is 15.9 Å². The highest BCUT2D eigenvalue weighted by Gasteiger charge is 2.23. The van der Waals surface area contributed by atoms with Crippen LogP contribution in [0.2, 0.25) is 0 Å². The summed E-state index contributed by atoms with van der Waals surface area (Å²) >= 11 is 3.58. The van der Waals surface area contributed by atoms with Crippen molar-refractivity contribution in [1.29, 1.82) is 0 Å². The lowest BCUT2D eigenvalue weighted by molar-refractivity contribution is 0.422. The van der Waals surface area contributed by atoms with Gasteiger partial charge in [-0.2, -0.15) is 0 Å². The molecule has 0 fully saturated rings. The largest absolute Gasteiger partial charge is 0.323 e. The van der Waals surface area contributed by atoms with Crippen LogP contribution in [0.4, 0.5) is 0 Å². The summed E-state index contributed by atoms with van der Waals surface area (Å²) < 4.78 is 0.736. The van der Waals surface area contributed by atoms with Crippen molar-refractivity contribution in [3.05, 3.63) is 71.3 Å². The lowest BCUT2D eigenvalue weighted by Gasteiger charge is -2.28. The van der Waals surface area contributed by atoms with Crippen LogP contribution in [0.15, 0.2) is 64.6 Å². The molecule has 2 aromatic rings. The zero-order chi connectivity index (χ0) is 21.3. The summed E-state index contributed by atoms with van der Waals surface area (Å²) in [5.74, 6) is 1.38. The van der Waals surface area contributed by atoms with Gasteiger partial charge < -0.3 is 5.32 Å². The van der Waals surface area contributed by atoms with Crippen molar-refractivity contribution in [2.45, 2.75) is 58.9 Å². The van der Waals surface area contributed by atoms with E-state index in [4.69, 9.17) is 0 Å². The first kappa shape index (κ1) is 23.3. The minimum absolute atomic E-state index is 0.143. The summed E-state index contributed by atoms with van der Waals surface area (Å²) in [6, 6.07) is 19.2. The molecular weight excluding hydrogens is 422 g/mol. The summed E-state index contributed by atoms with van der Waals surface area (Å²) in [4.78, 5) is 9.17. The average molecular weight is 456 g/mol. The van der Waals surface area contributed by atoms with E-state index in [1.807, 2.05) is 7.05 Å². The molecular formula is C25H34BrN3. The second-order valence-corrected chi connectivity index (χ2v) is 8.97. The summed E-state index contributed by atoms with van der Waals surface area (Å²) in [7, 11) is 1.86. The quantitative estimate of drug-likeness (QED) is 0.270. The predicted molar refractivity (Wildman–Crippen MR) is 130 cm³/mol. The number of aliphatic imine (C=N–C) groups is 2. The monoisotopic (exact) mass is 455 g/mol. The summed E-state index contributed by atoms with van der Waals surface area (Å²) in [5, 5.41) is 3.40. The number of hydrogen-bond acceptors (Lipinski definition) is 2. The van der Waals surface area contributed by atoms with Gasteiger partial charge in [-0.05, 0) is 58.7 Å². The third kappa shape index (κ3) is 7.43. The second-order valence-electron chi connectivity index (χ2n) is 8.22. The second kappa shape index (κ2) is 11.3. The minimum atomic E-state index is 0.143. The molecule has 2 rings (SSSR count). The molecule has 4 heteroatoms. The molecule has 0 aromatic heterocycles. The van der Waals surface area contributed by atoms with E-state index in [-0.39, 0.29) is 5.41 Å². The van der Waals surface area contributed by atoms with Crippen molar-refractivity contribution in [2.24, 2.45) is 15.9 Å². The lowest BCUT2D eigenvalue weighted by Crippen LogP contribution is -2.34. The van der Waals surface area contributed by atoms with E-state index in [9.17, 15) is 0 Å². The van der Waals surface area contributed by atoms with Crippen LogP contribution in [0.3, 0.4) is 0 Å². The molecule has 0 spiro atoms. The van der Waals surface area contributed by atoms with E-state index >= 15 is 0 Å². The Balaban J connectivity index is 1.98. The van der Waals surface area contributed by atoms with Crippen LogP contribution < -0.4 is 5.32 Å². The fourth-order valence-electron chi connectivity index (χ4n) is 3.56. The molecule has 0 heterocycles. The summed E-state index contributed by atoms with van der Waals surface area (Å²) in [6.45, 7) is 9.62. The Morgan fingerprint density at radius 3 is 2.45 bits per heavy atom. The molecule has 0 saturated heterocycles. The van der Waals surface area contributed by atoms with Crippen LogP contribution in [-0.4, -0.2) is 17.6 Å². The predicted octanol–water partition coefficient (Wildman–Crippen LogP) is 6.65. The van der Waals surface area contributed by atoms with Crippen molar-refractivity contribution >= 4 is 26.5 Å². The van der Waals surface area contributed by atoms with Gasteiger partial charge in [0, 0.05) is 13.0 Å². The lowest BCUT2D eigenvalue weighted by atomic mass is 9.78. The van der Waals surface area contributed by atoms with E-state index in [1.165, 1.54) is 16.7 Å². The van der Waals surface area contributed by atoms with Crippen LogP contribution in [0.25, 0.3) is 0 Å². The number of nitrogens with zero attached hydrogens (tertiary/aromatic N) is 2. The zero-order valence-electron chi connectivity index (χ0n) is 18.4. The van der Waals surface area contributed by atoms with Gasteiger partial charge in [-0.25, -0.2) is 0 Å². The van der Waals surface area contributed by atoms with Crippen molar-refractivity contribution < 1.29 is 0 Å². The first-order valence-corrected chi connectivity index (χ1v) is 11.2. The van der Waals surface area contributed by atoms with Gasteiger partial charge in [-0.1, -0.05) is 80.9 Å². The maximum absolute atomic E-state index is 4.64. The van der Waals surface area contributed by atoms with E-state index < -0.39 is 0 Å². The first-order valence-electron chi connectivity index (χ1n) is 10.4. The molecule has 0 aliphatic carbocycles. The standard InChI is InChI=1S/C25H34BrN3/c1-6-21(15-16-25(3,4)22-13-8-7-9-14-22)23(27-5)29-24(26)28-18-20-12-10-11-19(2)17-20/h7-14,17,21H,6,15-16,18H2,1-5H3,(H,27,28,29). The number of halogens is 1. The molecule has 0 radical (unpaired) electrons. The fourth-order valence-corrected chi connectivity index (χ4v) is 3.89. The highest BCUT2D eigenvalue weighted by molar-refractivity contribution is 9.18. The fraction of sp³-hybridized carbons (Fsp3) is 0.440. The average Bonchev–Trinajstić information content (AvgIpc) is 2.72. The molecule has 1 N–H and O–H groups in total. The van der Waals surface area contributed by atoms with Gasteiger partial charge in [0.05, 0.1) is 6.54 Å². The molecule has 0 aliphatic rings. The topological polar surface area (TPSA) is 36.8 Å². The molecule has 29 heavy (non-hydrogen) atoms. The number of hydrogen-bond donors (Lipinski definition) is 1. The minimum Gasteiger partial charge on any atom is -0.323 e. The van der Waals surface area contributed by atoms with Crippen LogP contribution in [0, 0.1) is 12.8 Å². The Bertz CT molecular complexity index is 825. The molecule has 0 aliphatic heterocycles. The molecule has 0 amide bonds. The molecule has 3 nitrogen and oxygen atoms in total. The van der Waals surface area contributed by atoms with Gasteiger partial charge in [0.25, 0.3) is 0 Å². The number of amidine groups is 2. The molecule has 1 unspecified atom stereocenters. The third-order valence-corrected chi connectivity index (χ3v) is 5.96. The number of aryl methyl sites for hydroxylation is 1. The van der Waals surface area contributed by atoms with Crippen LogP contribution in [-0.2, 0) is 12.0 Å². The number of rotatable bonds is 8. The van der Waals surface area contributed by atoms with Crippen molar-refractivity contribution in [3.8, 4) is 0 Å². The third-order valence-electron chi connectivity index (χ3n) is 5.51. The Morgan fingerprint density at radius 1 is 1.10 bits per heavy atom. The smallest absolute Gasteiger partial charge is 0.171 e. The molecule has 156 valence electrons. The van der Waals surface area contributed by atoms with Gasteiger partial charge >= 0.3 is 0 Å². The van der Waals surface area contributed by atoms with Gasteiger partial charge in [0.1, 0.15) is 5.84 Å². The Labute approximate surface area is 184 Å². The molecule has 2 aromatic carbocycles. The Kier molecular flexibility index (Phi) is 9.09. The number of benzene rings is 2. The normalized spacial score (nSPS) is 14.0. The summed E-state index contributed by atoms with van der Waals surface area (Å²) in [6.07, 6.45) is 3.23. The number of nitrogens with one attached hydrogen (secondary N) is 1. The van der Waals surface area contributed by atoms with Gasteiger partial charge in [0.2, 0.25) is 0 Å². The highest BCUT2D eigenvalue weighted by Crippen LogP contribution is 2.30. The Morgan fingerprint density at radius 2 is 1.83 bits per heavy atom. The SMILES string of the molecule is CCC(CCC(C)(C)c1ccccc1)C(=NC)NC(Br)=NCc1cccc(C)c1. The van der Waals surface area contributed by atoms with E-state index in [2.05, 4.69) is 114 Å². The first-order chi connectivity index (χ1) is 13.9. The van der Waals surface area contributed by atoms with Crippen LogP contribution in [0.1, 0.15) is 56.7 Å². The highest BCUT2D eigenvalue weighted by atomic mass is 79.9. The van der Waals surface area contributed by atoms with Gasteiger partial charge in [-0.3, -0.25) is 9.98 Å². The zero-order valence-corrected chi connectivity index (χ0v) is 20.0. The maximum atomic E-state index is 4.64. The molecule has 1 atom stereocenters. The van der Waals surface area contributed by atoms with Crippen LogP contribution in [0.5, 0.6) is 0 Å². The van der Waals surface area contributed by atoms with E-state index in [0.717, 1.165) is 29.8 Å². The van der Waals surface area contributed by atoms with Crippen molar-refractivity contribution in [2.75, 3.05) is 7.05 Å². The van der Waals surface area contributed by atoms with Gasteiger partial charge in [-0.15, -0.1) is 0 Å². The van der Waals surface area contributed by atoms with Crippen molar-refractivity contribution in [3.63, 3.8) is 0 Å². The van der Waals surface area contributed by atoms with Gasteiger partial charge in [0.15, 0.2) is 4.74 Å². The van der Waals surface area contributed by atoms with E-state index in [1.54, 1.807) is 0 Å². The summed E-state index contributed by atoms with van der Waals surface area (Å²) in [5.41, 5.74) is 3.99. The molecule has 0 saturated carbocycles. The maximum Gasteiger partial charge on any atom is 0.171 e. The molecule has 0 bridgehead atoms. The Hall–Kier alpha value is -1.94.